The number of amides is 2. The molecule has 3 rings (SSSR count). The molecule has 21 heavy (non-hydrogen) atoms. The van der Waals surface area contributed by atoms with Crippen molar-refractivity contribution in [2.75, 3.05) is 13.2 Å². The Morgan fingerprint density at radius 3 is 2.10 bits per heavy atom. The zero-order valence-corrected chi connectivity index (χ0v) is 12.9. The third-order valence-corrected chi connectivity index (χ3v) is 6.04. The predicted molar refractivity (Wildman–Crippen MR) is 79.4 cm³/mol. The van der Waals surface area contributed by atoms with Crippen molar-refractivity contribution in [1.29, 1.82) is 0 Å². The van der Waals surface area contributed by atoms with E-state index in [-0.39, 0.29) is 29.8 Å². The minimum Gasteiger partial charge on any atom is -0.396 e. The summed E-state index contributed by atoms with van der Waals surface area (Å²) in [6.45, 7) is 0.726. The van der Waals surface area contributed by atoms with Crippen LogP contribution in [0.4, 0.5) is 0 Å². The molecule has 1 N–H and O–H groups in total. The van der Waals surface area contributed by atoms with Crippen molar-refractivity contribution in [3.63, 3.8) is 0 Å². The number of piperidine rings is 1. The largest absolute Gasteiger partial charge is 0.396 e. The van der Waals surface area contributed by atoms with Crippen molar-refractivity contribution in [2.24, 2.45) is 17.3 Å². The molecule has 4 heteroatoms. The van der Waals surface area contributed by atoms with Gasteiger partial charge in [0, 0.05) is 26.0 Å². The molecule has 0 aromatic rings. The maximum absolute atomic E-state index is 12.5. The first kappa shape index (κ1) is 15.0. The predicted octanol–water partition coefficient (Wildman–Crippen LogP) is 2.49. The molecule has 0 aromatic heterocycles. The number of likely N-dealkylation sites (tertiary alicyclic amines) is 1. The molecule has 1 spiro atoms. The van der Waals surface area contributed by atoms with Crippen LogP contribution in [0.1, 0.15) is 64.2 Å². The lowest BCUT2D eigenvalue weighted by Crippen LogP contribution is -2.50. The first-order valence-electron chi connectivity index (χ1n) is 8.58. The number of nitrogens with zero attached hydrogens (tertiary/aromatic N) is 1. The fourth-order valence-corrected chi connectivity index (χ4v) is 4.72. The molecule has 4 nitrogen and oxygen atoms in total. The number of aliphatic hydroxyl groups excluding tert-OH is 1. The Balaban J connectivity index is 1.65. The van der Waals surface area contributed by atoms with Crippen LogP contribution >= 0.6 is 0 Å². The van der Waals surface area contributed by atoms with Crippen LogP contribution in [0.5, 0.6) is 0 Å². The summed E-state index contributed by atoms with van der Waals surface area (Å²) in [7, 11) is 0. The van der Waals surface area contributed by atoms with Crippen molar-refractivity contribution in [3.05, 3.63) is 0 Å². The SMILES string of the molecule is O=C1CC2(CCCC2)CC(=O)N1CC1CCCCC1CO. The molecular formula is C17H27NO3. The maximum Gasteiger partial charge on any atom is 0.229 e. The third kappa shape index (κ3) is 3.01. The highest BCUT2D eigenvalue weighted by atomic mass is 16.3. The van der Waals surface area contributed by atoms with Crippen LogP contribution in [-0.2, 0) is 9.59 Å². The second-order valence-electron chi connectivity index (χ2n) is 7.45. The van der Waals surface area contributed by atoms with Gasteiger partial charge in [-0.2, -0.15) is 0 Å². The number of carbonyl (C=O) groups is 2. The smallest absolute Gasteiger partial charge is 0.229 e. The topological polar surface area (TPSA) is 57.6 Å². The van der Waals surface area contributed by atoms with Gasteiger partial charge in [-0.25, -0.2) is 0 Å². The van der Waals surface area contributed by atoms with E-state index in [0.29, 0.717) is 25.3 Å². The van der Waals surface area contributed by atoms with Gasteiger partial charge in [0.25, 0.3) is 0 Å². The lowest BCUT2D eigenvalue weighted by atomic mass is 9.75. The van der Waals surface area contributed by atoms with Crippen molar-refractivity contribution in [3.8, 4) is 0 Å². The first-order chi connectivity index (χ1) is 10.1. The average Bonchev–Trinajstić information content (AvgIpc) is 2.91. The Morgan fingerprint density at radius 1 is 0.952 bits per heavy atom. The van der Waals surface area contributed by atoms with Crippen LogP contribution in [0.3, 0.4) is 0 Å². The summed E-state index contributed by atoms with van der Waals surface area (Å²) in [5.41, 5.74) is -0.00634. The van der Waals surface area contributed by atoms with Crippen molar-refractivity contribution < 1.29 is 14.7 Å². The lowest BCUT2D eigenvalue weighted by Gasteiger charge is -2.40. The Bertz CT molecular complexity index is 394. The second kappa shape index (κ2) is 6.07. The molecule has 0 radical (unpaired) electrons. The van der Waals surface area contributed by atoms with E-state index < -0.39 is 0 Å². The number of hydrogen-bond donors (Lipinski definition) is 1. The fourth-order valence-electron chi connectivity index (χ4n) is 4.72. The van der Waals surface area contributed by atoms with Crippen LogP contribution in [0, 0.1) is 17.3 Å². The number of hydrogen-bond acceptors (Lipinski definition) is 3. The van der Waals surface area contributed by atoms with Crippen molar-refractivity contribution in [2.45, 2.75) is 64.2 Å². The van der Waals surface area contributed by atoms with Gasteiger partial charge in [0.1, 0.15) is 0 Å². The summed E-state index contributed by atoms with van der Waals surface area (Å²) in [6, 6.07) is 0. The summed E-state index contributed by atoms with van der Waals surface area (Å²) in [6.07, 6.45) is 9.92. The van der Waals surface area contributed by atoms with Gasteiger partial charge in [0.2, 0.25) is 11.8 Å². The zero-order chi connectivity index (χ0) is 14.9. The van der Waals surface area contributed by atoms with Gasteiger partial charge < -0.3 is 5.11 Å². The van der Waals surface area contributed by atoms with Gasteiger partial charge in [-0.1, -0.05) is 25.7 Å². The summed E-state index contributed by atoms with van der Waals surface area (Å²) in [4.78, 5) is 26.5. The van der Waals surface area contributed by atoms with Gasteiger partial charge in [0.05, 0.1) is 0 Å². The molecule has 2 amide bonds. The highest BCUT2D eigenvalue weighted by molar-refractivity contribution is 5.98. The van der Waals surface area contributed by atoms with Gasteiger partial charge >= 0.3 is 0 Å². The number of aliphatic hydroxyl groups is 1. The van der Waals surface area contributed by atoms with E-state index in [2.05, 4.69) is 0 Å². The van der Waals surface area contributed by atoms with E-state index in [9.17, 15) is 14.7 Å². The average molecular weight is 293 g/mol. The molecule has 2 unspecified atom stereocenters. The molecule has 1 heterocycles. The first-order valence-corrected chi connectivity index (χ1v) is 8.58. The standard InChI is InChI=1S/C17H27NO3/c19-12-14-6-2-1-5-13(14)11-18-15(20)9-17(10-16(18)21)7-3-4-8-17/h13-14,19H,1-12H2. The molecule has 1 saturated heterocycles. The molecule has 2 saturated carbocycles. The summed E-state index contributed by atoms with van der Waals surface area (Å²) < 4.78 is 0. The number of carbonyl (C=O) groups excluding carboxylic acids is 2. The summed E-state index contributed by atoms with van der Waals surface area (Å²) in [5.74, 6) is 0.641. The van der Waals surface area contributed by atoms with Crippen LogP contribution < -0.4 is 0 Å². The van der Waals surface area contributed by atoms with E-state index in [4.69, 9.17) is 0 Å². The Labute approximate surface area is 126 Å². The Hall–Kier alpha value is -0.900. The van der Waals surface area contributed by atoms with Gasteiger partial charge in [-0.3, -0.25) is 14.5 Å². The minimum absolute atomic E-state index is 0.00634. The van der Waals surface area contributed by atoms with Crippen LogP contribution in [0.15, 0.2) is 0 Å². The van der Waals surface area contributed by atoms with E-state index in [1.165, 1.54) is 4.90 Å². The molecule has 0 aromatic carbocycles. The van der Waals surface area contributed by atoms with Crippen LogP contribution in [0.25, 0.3) is 0 Å². The van der Waals surface area contributed by atoms with Gasteiger partial charge in [-0.05, 0) is 42.9 Å². The summed E-state index contributed by atoms with van der Waals surface area (Å²) in [5, 5.41) is 9.50. The normalized spacial score (nSPS) is 32.9. The van der Waals surface area contributed by atoms with Gasteiger partial charge in [-0.15, -0.1) is 0 Å². The van der Waals surface area contributed by atoms with Crippen molar-refractivity contribution >= 4 is 11.8 Å². The maximum atomic E-state index is 12.5. The second-order valence-corrected chi connectivity index (χ2v) is 7.45. The fraction of sp³-hybridized carbons (Fsp3) is 0.882. The van der Waals surface area contributed by atoms with Crippen LogP contribution in [-0.4, -0.2) is 35.0 Å². The lowest BCUT2D eigenvalue weighted by molar-refractivity contribution is -0.154. The Morgan fingerprint density at radius 2 is 1.52 bits per heavy atom. The highest BCUT2D eigenvalue weighted by Gasteiger charge is 2.45. The Kier molecular flexibility index (Phi) is 4.34. The van der Waals surface area contributed by atoms with E-state index in [1.807, 2.05) is 0 Å². The summed E-state index contributed by atoms with van der Waals surface area (Å²) >= 11 is 0. The van der Waals surface area contributed by atoms with E-state index >= 15 is 0 Å². The quantitative estimate of drug-likeness (QED) is 0.813. The number of rotatable bonds is 3. The molecule has 0 bridgehead atoms. The molecule has 3 fully saturated rings. The van der Waals surface area contributed by atoms with E-state index in [0.717, 1.165) is 51.4 Å². The molecule has 1 aliphatic heterocycles. The number of imide groups is 1. The third-order valence-electron chi connectivity index (χ3n) is 6.04. The molecule has 2 aliphatic carbocycles. The van der Waals surface area contributed by atoms with Crippen molar-refractivity contribution in [1.82, 2.24) is 4.90 Å². The monoisotopic (exact) mass is 293 g/mol. The minimum atomic E-state index is -0.00634. The molecule has 2 atom stereocenters. The molecule has 3 aliphatic rings. The molecular weight excluding hydrogens is 266 g/mol. The van der Waals surface area contributed by atoms with E-state index in [1.54, 1.807) is 0 Å². The van der Waals surface area contributed by atoms with Gasteiger partial charge in [0.15, 0.2) is 0 Å². The highest BCUT2D eigenvalue weighted by Crippen LogP contribution is 2.47. The zero-order valence-electron chi connectivity index (χ0n) is 12.9. The van der Waals surface area contributed by atoms with Crippen LogP contribution in [0.2, 0.25) is 0 Å². The molecule has 118 valence electrons.